The molecule has 0 bridgehead atoms. The average Bonchev–Trinajstić information content (AvgIpc) is 3.10. The summed E-state index contributed by atoms with van der Waals surface area (Å²) in [5.41, 5.74) is 0.814. The third-order valence-corrected chi connectivity index (χ3v) is 4.73. The van der Waals surface area contributed by atoms with Gasteiger partial charge in [0.1, 0.15) is 5.75 Å². The Kier molecular flexibility index (Phi) is 5.31. The van der Waals surface area contributed by atoms with Crippen LogP contribution in [-0.2, 0) is 9.53 Å². The van der Waals surface area contributed by atoms with Crippen LogP contribution in [0.15, 0.2) is 29.4 Å². The molecule has 1 fully saturated rings. The highest BCUT2D eigenvalue weighted by molar-refractivity contribution is 8.00. The molecule has 1 aromatic carbocycles. The highest BCUT2D eigenvalue weighted by atomic mass is 32.2. The maximum absolute atomic E-state index is 12.5. The number of amides is 1. The standard InChI is InChI=1S/C15H19N5O3S/c1-11(14(21)19-7-9-23-10-8-19)24-15-16-17-18-20(15)12-3-5-13(22-2)6-4-12/h3-6,11H,7-10H2,1-2H3/t11-/m0/s1. The summed E-state index contributed by atoms with van der Waals surface area (Å²) in [6.07, 6.45) is 0. The molecule has 3 rings (SSSR count). The minimum absolute atomic E-state index is 0.0765. The van der Waals surface area contributed by atoms with Gasteiger partial charge in [-0.2, -0.15) is 4.68 Å². The number of ether oxygens (including phenoxy) is 2. The lowest BCUT2D eigenvalue weighted by molar-refractivity contribution is -0.134. The highest BCUT2D eigenvalue weighted by Crippen LogP contribution is 2.25. The summed E-state index contributed by atoms with van der Waals surface area (Å²) in [4.78, 5) is 14.3. The number of benzene rings is 1. The van der Waals surface area contributed by atoms with E-state index in [1.165, 1.54) is 11.8 Å². The van der Waals surface area contributed by atoms with Crippen LogP contribution >= 0.6 is 11.8 Å². The van der Waals surface area contributed by atoms with Crippen LogP contribution in [0, 0.1) is 0 Å². The van der Waals surface area contributed by atoms with E-state index in [4.69, 9.17) is 9.47 Å². The number of carbonyl (C=O) groups excluding carboxylic acids is 1. The molecule has 1 amide bonds. The second-order valence-electron chi connectivity index (χ2n) is 5.27. The second kappa shape index (κ2) is 7.63. The number of hydrogen-bond donors (Lipinski definition) is 0. The second-order valence-corrected chi connectivity index (χ2v) is 6.58. The molecule has 2 aromatic rings. The fourth-order valence-electron chi connectivity index (χ4n) is 2.39. The Morgan fingerprint density at radius 2 is 2.00 bits per heavy atom. The molecule has 1 aliphatic heterocycles. The molecule has 2 heterocycles. The molecule has 0 N–H and O–H groups in total. The van der Waals surface area contributed by atoms with Gasteiger partial charge in [-0.3, -0.25) is 4.79 Å². The van der Waals surface area contributed by atoms with Crippen molar-refractivity contribution in [3.63, 3.8) is 0 Å². The minimum atomic E-state index is -0.272. The summed E-state index contributed by atoms with van der Waals surface area (Å²) in [7, 11) is 1.62. The van der Waals surface area contributed by atoms with Crippen LogP contribution in [0.3, 0.4) is 0 Å². The van der Waals surface area contributed by atoms with Crippen molar-refractivity contribution in [1.82, 2.24) is 25.1 Å². The van der Waals surface area contributed by atoms with Crippen LogP contribution in [0.5, 0.6) is 5.75 Å². The molecule has 9 heteroatoms. The molecule has 0 unspecified atom stereocenters. The third-order valence-electron chi connectivity index (χ3n) is 3.71. The largest absolute Gasteiger partial charge is 0.497 e. The Morgan fingerprint density at radius 1 is 1.29 bits per heavy atom. The molecular formula is C15H19N5O3S. The molecule has 1 aromatic heterocycles. The third kappa shape index (κ3) is 3.68. The number of tetrazole rings is 1. The first-order valence-electron chi connectivity index (χ1n) is 7.65. The summed E-state index contributed by atoms with van der Waals surface area (Å²) < 4.78 is 12.1. The lowest BCUT2D eigenvalue weighted by Crippen LogP contribution is -2.44. The van der Waals surface area contributed by atoms with Crippen LogP contribution in [0.1, 0.15) is 6.92 Å². The zero-order chi connectivity index (χ0) is 16.9. The molecule has 0 spiro atoms. The van der Waals surface area contributed by atoms with E-state index in [1.807, 2.05) is 36.1 Å². The zero-order valence-corrected chi connectivity index (χ0v) is 14.4. The van der Waals surface area contributed by atoms with Crippen LogP contribution in [0.2, 0.25) is 0 Å². The van der Waals surface area contributed by atoms with Gasteiger partial charge >= 0.3 is 0 Å². The van der Waals surface area contributed by atoms with E-state index in [0.717, 1.165) is 11.4 Å². The number of aromatic nitrogens is 4. The molecular weight excluding hydrogens is 330 g/mol. The maximum atomic E-state index is 12.5. The monoisotopic (exact) mass is 349 g/mol. The fourth-order valence-corrected chi connectivity index (χ4v) is 3.28. The van der Waals surface area contributed by atoms with E-state index in [0.29, 0.717) is 31.5 Å². The van der Waals surface area contributed by atoms with Gasteiger partial charge in [0.2, 0.25) is 11.1 Å². The Bertz CT molecular complexity index is 685. The van der Waals surface area contributed by atoms with Gasteiger partial charge in [0.15, 0.2) is 0 Å². The Hall–Kier alpha value is -2.13. The lowest BCUT2D eigenvalue weighted by atomic mass is 10.3. The van der Waals surface area contributed by atoms with Crippen LogP contribution in [0.4, 0.5) is 0 Å². The van der Waals surface area contributed by atoms with Crippen molar-refractivity contribution >= 4 is 17.7 Å². The van der Waals surface area contributed by atoms with Crippen molar-refractivity contribution in [3.05, 3.63) is 24.3 Å². The Balaban J connectivity index is 1.71. The van der Waals surface area contributed by atoms with Crippen molar-refractivity contribution in [2.75, 3.05) is 33.4 Å². The first-order valence-corrected chi connectivity index (χ1v) is 8.53. The maximum Gasteiger partial charge on any atom is 0.236 e. The normalized spacial score (nSPS) is 16.0. The van der Waals surface area contributed by atoms with E-state index >= 15 is 0 Å². The van der Waals surface area contributed by atoms with Crippen molar-refractivity contribution < 1.29 is 14.3 Å². The van der Waals surface area contributed by atoms with E-state index < -0.39 is 0 Å². The Labute approximate surface area is 144 Å². The van der Waals surface area contributed by atoms with Crippen LogP contribution in [0.25, 0.3) is 5.69 Å². The van der Waals surface area contributed by atoms with Gasteiger partial charge in [-0.05, 0) is 41.6 Å². The summed E-state index contributed by atoms with van der Waals surface area (Å²) in [6.45, 7) is 4.31. The molecule has 0 radical (unpaired) electrons. The molecule has 1 atom stereocenters. The molecule has 128 valence electrons. The van der Waals surface area contributed by atoms with Gasteiger partial charge in [0.25, 0.3) is 0 Å². The molecule has 24 heavy (non-hydrogen) atoms. The van der Waals surface area contributed by atoms with Gasteiger partial charge < -0.3 is 14.4 Å². The number of rotatable bonds is 5. The number of carbonyl (C=O) groups is 1. The van der Waals surface area contributed by atoms with E-state index in [1.54, 1.807) is 11.8 Å². The van der Waals surface area contributed by atoms with Gasteiger partial charge in [0, 0.05) is 13.1 Å². The van der Waals surface area contributed by atoms with Gasteiger partial charge in [-0.25, -0.2) is 0 Å². The molecule has 1 saturated heterocycles. The summed E-state index contributed by atoms with van der Waals surface area (Å²) in [6, 6.07) is 7.42. The average molecular weight is 349 g/mol. The fraction of sp³-hybridized carbons (Fsp3) is 0.467. The number of morpholine rings is 1. The predicted octanol–water partition coefficient (Wildman–Crippen LogP) is 1.01. The number of hydrogen-bond acceptors (Lipinski definition) is 7. The highest BCUT2D eigenvalue weighted by Gasteiger charge is 2.25. The van der Waals surface area contributed by atoms with E-state index in [2.05, 4.69) is 15.5 Å². The van der Waals surface area contributed by atoms with Gasteiger partial charge in [-0.15, -0.1) is 5.10 Å². The summed E-state index contributed by atoms with van der Waals surface area (Å²) in [5, 5.41) is 12.1. The van der Waals surface area contributed by atoms with Crippen LogP contribution in [-0.4, -0.2) is 69.7 Å². The first-order chi connectivity index (χ1) is 11.7. The van der Waals surface area contributed by atoms with Gasteiger partial charge in [-0.1, -0.05) is 11.8 Å². The number of thioether (sulfide) groups is 1. The topological polar surface area (TPSA) is 82.4 Å². The van der Waals surface area contributed by atoms with Gasteiger partial charge in [0.05, 0.1) is 31.3 Å². The first kappa shape index (κ1) is 16.7. The Morgan fingerprint density at radius 3 is 2.67 bits per heavy atom. The predicted molar refractivity (Wildman–Crippen MR) is 88.4 cm³/mol. The van der Waals surface area contributed by atoms with Crippen molar-refractivity contribution in [2.45, 2.75) is 17.3 Å². The number of nitrogens with zero attached hydrogens (tertiary/aromatic N) is 5. The molecule has 0 aliphatic carbocycles. The lowest BCUT2D eigenvalue weighted by Gasteiger charge is -2.28. The van der Waals surface area contributed by atoms with Crippen molar-refractivity contribution in [1.29, 1.82) is 0 Å². The van der Waals surface area contributed by atoms with E-state index in [-0.39, 0.29) is 11.2 Å². The van der Waals surface area contributed by atoms with E-state index in [9.17, 15) is 4.79 Å². The molecule has 8 nitrogen and oxygen atoms in total. The summed E-state index contributed by atoms with van der Waals surface area (Å²) >= 11 is 1.35. The zero-order valence-electron chi connectivity index (χ0n) is 13.6. The smallest absolute Gasteiger partial charge is 0.236 e. The van der Waals surface area contributed by atoms with Crippen molar-refractivity contribution in [3.8, 4) is 11.4 Å². The summed E-state index contributed by atoms with van der Waals surface area (Å²) in [5.74, 6) is 0.837. The molecule has 0 saturated carbocycles. The SMILES string of the molecule is COc1ccc(-n2nnnc2S[C@@H](C)C(=O)N2CCOCC2)cc1. The molecule has 1 aliphatic rings. The van der Waals surface area contributed by atoms with Crippen molar-refractivity contribution in [2.24, 2.45) is 0 Å². The minimum Gasteiger partial charge on any atom is -0.497 e. The number of methoxy groups -OCH3 is 1. The van der Waals surface area contributed by atoms with Crippen LogP contribution < -0.4 is 4.74 Å². The quantitative estimate of drug-likeness (QED) is 0.745.